The predicted octanol–water partition coefficient (Wildman–Crippen LogP) is 0.563. The number of hydrogen-bond acceptors (Lipinski definition) is 4. The van der Waals surface area contributed by atoms with Crippen molar-refractivity contribution in [1.82, 2.24) is 0 Å². The third-order valence-electron chi connectivity index (χ3n) is 2.03. The van der Waals surface area contributed by atoms with Gasteiger partial charge in [0.05, 0.1) is 18.4 Å². The fourth-order valence-electron chi connectivity index (χ4n) is 1.35. The minimum atomic E-state index is -0.478. The summed E-state index contributed by atoms with van der Waals surface area (Å²) in [4.78, 5) is 26.5. The van der Waals surface area contributed by atoms with Crippen molar-refractivity contribution in [2.75, 3.05) is 7.11 Å². The van der Waals surface area contributed by atoms with Crippen LogP contribution in [0.2, 0.25) is 0 Å². The van der Waals surface area contributed by atoms with Crippen molar-refractivity contribution in [2.24, 2.45) is 4.99 Å². The summed E-state index contributed by atoms with van der Waals surface area (Å²) in [6, 6.07) is 0. The molecule has 4 heteroatoms. The van der Waals surface area contributed by atoms with Gasteiger partial charge in [0.15, 0.2) is 5.78 Å². The van der Waals surface area contributed by atoms with Gasteiger partial charge in [0.25, 0.3) is 0 Å². The number of hydrogen-bond donors (Lipinski definition) is 0. The largest absolute Gasteiger partial charge is 0.465 e. The Bertz CT molecular complexity index is 438. The number of ether oxygens (including phenoxy) is 1. The van der Waals surface area contributed by atoms with E-state index >= 15 is 0 Å². The fraction of sp³-hybridized carbons (Fsp3) is 0.100. The van der Waals surface area contributed by atoms with Crippen molar-refractivity contribution in [1.29, 1.82) is 0 Å². The summed E-state index contributed by atoms with van der Waals surface area (Å²) in [6.07, 6.45) is 5.86. The average molecular weight is 189 g/mol. The number of carbonyl (C=O) groups is 2. The van der Waals surface area contributed by atoms with Crippen LogP contribution in [0.15, 0.2) is 40.1 Å². The van der Waals surface area contributed by atoms with E-state index in [1.54, 1.807) is 6.08 Å². The molecule has 0 aromatic heterocycles. The summed E-state index contributed by atoms with van der Waals surface area (Å²) in [5.74, 6) is -0.612. The van der Waals surface area contributed by atoms with Gasteiger partial charge >= 0.3 is 5.97 Å². The summed E-state index contributed by atoms with van der Waals surface area (Å²) in [6.45, 7) is 0. The average Bonchev–Trinajstić information content (AvgIpc) is 2.67. The lowest BCUT2D eigenvalue weighted by Gasteiger charge is -2.09. The van der Waals surface area contributed by atoms with Crippen molar-refractivity contribution in [3.63, 3.8) is 0 Å². The van der Waals surface area contributed by atoms with Gasteiger partial charge in [0.1, 0.15) is 0 Å². The molecule has 1 aliphatic carbocycles. The third-order valence-corrected chi connectivity index (χ3v) is 2.03. The molecule has 2 aliphatic rings. The van der Waals surface area contributed by atoms with Gasteiger partial charge in [-0.2, -0.15) is 0 Å². The molecule has 0 fully saturated rings. The number of allylic oxidation sites excluding steroid dienone is 3. The molecule has 1 heterocycles. The molecule has 0 amide bonds. The van der Waals surface area contributed by atoms with Crippen LogP contribution in [-0.2, 0) is 14.3 Å². The SMILES string of the molecule is COC(=O)C1=C2N=CC=C2C(=O)C=C1. The Morgan fingerprint density at radius 3 is 2.93 bits per heavy atom. The lowest BCUT2D eigenvalue weighted by Crippen LogP contribution is -2.12. The Morgan fingerprint density at radius 1 is 1.43 bits per heavy atom. The van der Waals surface area contributed by atoms with Crippen LogP contribution < -0.4 is 0 Å². The van der Waals surface area contributed by atoms with Gasteiger partial charge < -0.3 is 4.74 Å². The molecular weight excluding hydrogens is 182 g/mol. The Balaban J connectivity index is 2.52. The maximum atomic E-state index is 11.3. The molecule has 2 rings (SSSR count). The number of ketones is 1. The molecule has 0 saturated heterocycles. The molecule has 0 aromatic carbocycles. The van der Waals surface area contributed by atoms with E-state index in [4.69, 9.17) is 0 Å². The number of rotatable bonds is 1. The molecule has 0 unspecified atom stereocenters. The minimum Gasteiger partial charge on any atom is -0.465 e. The van der Waals surface area contributed by atoms with Gasteiger partial charge in [-0.15, -0.1) is 0 Å². The summed E-state index contributed by atoms with van der Waals surface area (Å²) in [5.41, 5.74) is 1.18. The van der Waals surface area contributed by atoms with Gasteiger partial charge in [-0.3, -0.25) is 9.79 Å². The number of nitrogens with zero attached hydrogens (tertiary/aromatic N) is 1. The molecule has 70 valence electrons. The quantitative estimate of drug-likeness (QED) is 0.566. The van der Waals surface area contributed by atoms with Gasteiger partial charge in [0.2, 0.25) is 0 Å². The Kier molecular flexibility index (Phi) is 1.89. The zero-order valence-corrected chi connectivity index (χ0v) is 7.48. The van der Waals surface area contributed by atoms with E-state index in [0.29, 0.717) is 16.8 Å². The topological polar surface area (TPSA) is 55.7 Å². The predicted molar refractivity (Wildman–Crippen MR) is 49.8 cm³/mol. The number of esters is 1. The highest BCUT2D eigenvalue weighted by atomic mass is 16.5. The Labute approximate surface area is 80.3 Å². The lowest BCUT2D eigenvalue weighted by molar-refractivity contribution is -0.135. The first kappa shape index (κ1) is 8.62. The van der Waals surface area contributed by atoms with E-state index in [-0.39, 0.29) is 5.78 Å². The van der Waals surface area contributed by atoms with Gasteiger partial charge in [-0.05, 0) is 18.2 Å². The second kappa shape index (κ2) is 3.06. The second-order valence-corrected chi connectivity index (χ2v) is 2.81. The van der Waals surface area contributed by atoms with Crippen molar-refractivity contribution in [2.45, 2.75) is 0 Å². The second-order valence-electron chi connectivity index (χ2n) is 2.81. The molecule has 0 radical (unpaired) electrons. The van der Waals surface area contributed by atoms with E-state index in [1.165, 1.54) is 25.5 Å². The van der Waals surface area contributed by atoms with Crippen LogP contribution in [0, 0.1) is 0 Å². The molecule has 0 spiro atoms. The molecule has 4 nitrogen and oxygen atoms in total. The minimum absolute atomic E-state index is 0.134. The summed E-state index contributed by atoms with van der Waals surface area (Å²) in [7, 11) is 1.29. The highest BCUT2D eigenvalue weighted by Gasteiger charge is 2.25. The molecule has 0 bridgehead atoms. The smallest absolute Gasteiger partial charge is 0.340 e. The molecule has 14 heavy (non-hydrogen) atoms. The zero-order valence-electron chi connectivity index (χ0n) is 7.48. The molecule has 1 aliphatic heterocycles. The van der Waals surface area contributed by atoms with E-state index in [2.05, 4.69) is 9.73 Å². The Hall–Kier alpha value is -1.97. The van der Waals surface area contributed by atoms with E-state index in [0.717, 1.165) is 0 Å². The van der Waals surface area contributed by atoms with Gasteiger partial charge in [-0.1, -0.05) is 0 Å². The van der Waals surface area contributed by atoms with E-state index in [1.807, 2.05) is 0 Å². The van der Waals surface area contributed by atoms with Crippen LogP contribution in [0.25, 0.3) is 0 Å². The van der Waals surface area contributed by atoms with Crippen LogP contribution in [0.5, 0.6) is 0 Å². The van der Waals surface area contributed by atoms with E-state index in [9.17, 15) is 9.59 Å². The van der Waals surface area contributed by atoms with Crippen molar-refractivity contribution in [3.8, 4) is 0 Å². The lowest BCUT2D eigenvalue weighted by atomic mass is 9.98. The number of aliphatic imine (C=N–C) groups is 1. The van der Waals surface area contributed by atoms with Crippen molar-refractivity contribution >= 4 is 18.0 Å². The van der Waals surface area contributed by atoms with Crippen LogP contribution in [-0.4, -0.2) is 25.1 Å². The van der Waals surface area contributed by atoms with Crippen LogP contribution in [0.1, 0.15) is 0 Å². The highest BCUT2D eigenvalue weighted by Crippen LogP contribution is 2.26. The summed E-state index contributed by atoms with van der Waals surface area (Å²) >= 11 is 0. The van der Waals surface area contributed by atoms with Gasteiger partial charge in [-0.25, -0.2) is 4.79 Å². The van der Waals surface area contributed by atoms with Crippen LogP contribution in [0.4, 0.5) is 0 Å². The summed E-state index contributed by atoms with van der Waals surface area (Å²) < 4.78 is 4.57. The van der Waals surface area contributed by atoms with Crippen molar-refractivity contribution in [3.05, 3.63) is 35.1 Å². The normalized spacial score (nSPS) is 18.4. The first-order chi connectivity index (χ1) is 6.74. The molecule has 0 saturated carbocycles. The first-order valence-electron chi connectivity index (χ1n) is 4.04. The van der Waals surface area contributed by atoms with Crippen molar-refractivity contribution < 1.29 is 14.3 Å². The zero-order chi connectivity index (χ0) is 10.1. The molecule has 0 N–H and O–H groups in total. The van der Waals surface area contributed by atoms with Gasteiger partial charge in [0, 0.05) is 11.8 Å². The number of fused-ring (bicyclic) bond motifs is 1. The van der Waals surface area contributed by atoms with E-state index < -0.39 is 5.97 Å². The number of methoxy groups -OCH3 is 1. The van der Waals surface area contributed by atoms with Crippen LogP contribution in [0.3, 0.4) is 0 Å². The standard InChI is InChI=1S/C10H7NO3/c1-14-10(13)7-2-3-8(12)6-4-5-11-9(6)7/h2-5H,1H3. The third kappa shape index (κ3) is 1.12. The Morgan fingerprint density at radius 2 is 2.21 bits per heavy atom. The molecule has 0 aromatic rings. The maximum absolute atomic E-state index is 11.3. The summed E-state index contributed by atoms with van der Waals surface area (Å²) in [5, 5.41) is 0. The molecular formula is C10H7NO3. The first-order valence-corrected chi connectivity index (χ1v) is 4.04. The molecule has 0 atom stereocenters. The number of carbonyl (C=O) groups excluding carboxylic acids is 2. The monoisotopic (exact) mass is 189 g/mol. The highest BCUT2D eigenvalue weighted by molar-refractivity contribution is 6.16. The maximum Gasteiger partial charge on any atom is 0.340 e. The van der Waals surface area contributed by atoms with Crippen LogP contribution >= 0.6 is 0 Å². The fourth-order valence-corrected chi connectivity index (χ4v) is 1.35.